The van der Waals surface area contributed by atoms with Crippen molar-refractivity contribution in [2.45, 2.75) is 33.1 Å². The molecule has 0 bridgehead atoms. The summed E-state index contributed by atoms with van der Waals surface area (Å²) in [6.07, 6.45) is -3.30. The van der Waals surface area contributed by atoms with Crippen molar-refractivity contribution in [3.8, 4) is 5.69 Å². The molecule has 0 spiro atoms. The lowest BCUT2D eigenvalue weighted by atomic mass is 10.1. The van der Waals surface area contributed by atoms with Gasteiger partial charge in [-0.2, -0.15) is 13.2 Å². The molecule has 0 atom stereocenters. The first-order valence-electron chi connectivity index (χ1n) is 10.6. The number of aliphatic hydroxyl groups is 1. The smallest absolute Gasteiger partial charge is 0.390 e. The number of rotatable bonds is 6. The molecule has 0 saturated heterocycles. The summed E-state index contributed by atoms with van der Waals surface area (Å²) in [5.74, 6) is -0.349. The minimum absolute atomic E-state index is 0.00239. The topological polar surface area (TPSA) is 104 Å². The molecule has 1 aliphatic heterocycles. The molecule has 3 N–H and O–H groups in total. The van der Waals surface area contributed by atoms with E-state index in [4.69, 9.17) is 0 Å². The van der Waals surface area contributed by atoms with Gasteiger partial charge in [0.05, 0.1) is 53.3 Å². The second-order valence-electron chi connectivity index (χ2n) is 8.32. The molecule has 2 aromatic carbocycles. The van der Waals surface area contributed by atoms with Gasteiger partial charge in [0.2, 0.25) is 5.91 Å². The first-order chi connectivity index (χ1) is 16.2. The van der Waals surface area contributed by atoms with Gasteiger partial charge in [0.1, 0.15) is 0 Å². The molecule has 1 amide bonds. The summed E-state index contributed by atoms with van der Waals surface area (Å²) in [5, 5.41) is 22.6. The minimum atomic E-state index is -4.60. The van der Waals surface area contributed by atoms with Gasteiger partial charge in [-0.1, -0.05) is 31.2 Å². The predicted octanol–water partition coefficient (Wildman–Crippen LogP) is 4.31. The number of anilines is 2. The van der Waals surface area contributed by atoms with Gasteiger partial charge in [-0.3, -0.25) is 9.79 Å². The highest BCUT2D eigenvalue weighted by atomic mass is 19.4. The van der Waals surface area contributed by atoms with Gasteiger partial charge in [0, 0.05) is 12.2 Å². The summed E-state index contributed by atoms with van der Waals surface area (Å²) in [7, 11) is 0. The van der Waals surface area contributed by atoms with Crippen LogP contribution in [-0.4, -0.2) is 38.3 Å². The number of halogens is 3. The highest BCUT2D eigenvalue weighted by molar-refractivity contribution is 6.17. The van der Waals surface area contributed by atoms with Crippen LogP contribution in [-0.2, 0) is 17.6 Å². The predicted molar refractivity (Wildman–Crippen MR) is 121 cm³/mol. The van der Waals surface area contributed by atoms with Crippen LogP contribution >= 0.6 is 0 Å². The van der Waals surface area contributed by atoms with Crippen LogP contribution in [0.1, 0.15) is 37.1 Å². The number of alkyl halides is 3. The molecule has 1 aromatic heterocycles. The molecule has 34 heavy (non-hydrogen) atoms. The Labute approximate surface area is 193 Å². The van der Waals surface area contributed by atoms with E-state index in [1.165, 1.54) is 16.9 Å². The molecule has 0 unspecified atom stereocenters. The van der Waals surface area contributed by atoms with E-state index in [2.05, 4.69) is 25.9 Å². The minimum Gasteiger partial charge on any atom is -0.390 e. The Hall–Kier alpha value is -3.73. The maximum atomic E-state index is 13.7. The highest BCUT2D eigenvalue weighted by Crippen LogP contribution is 2.42. The van der Waals surface area contributed by atoms with Gasteiger partial charge in [0.15, 0.2) is 0 Å². The molecular weight excluding hydrogens is 449 g/mol. The van der Waals surface area contributed by atoms with E-state index >= 15 is 0 Å². The lowest BCUT2D eigenvalue weighted by Crippen LogP contribution is -2.17. The Bertz CT molecular complexity index is 1250. The number of carbonyl (C=O) groups excluding carboxylic acids is 1. The second kappa shape index (κ2) is 9.26. The van der Waals surface area contributed by atoms with Crippen molar-refractivity contribution < 1.29 is 23.1 Å². The molecule has 0 fully saturated rings. The third-order valence-corrected chi connectivity index (χ3v) is 5.21. The molecule has 11 heteroatoms. The molecule has 0 saturated carbocycles. The first kappa shape index (κ1) is 23.4. The van der Waals surface area contributed by atoms with Crippen molar-refractivity contribution in [1.29, 1.82) is 0 Å². The summed E-state index contributed by atoms with van der Waals surface area (Å²) in [4.78, 5) is 17.1. The largest absolute Gasteiger partial charge is 0.418 e. The third-order valence-electron chi connectivity index (χ3n) is 5.21. The molecule has 2 heterocycles. The molecular formula is C23H23F3N6O2. The zero-order chi connectivity index (χ0) is 24.5. The van der Waals surface area contributed by atoms with Gasteiger partial charge < -0.3 is 15.7 Å². The number of hydrogen-bond acceptors (Lipinski definition) is 6. The summed E-state index contributed by atoms with van der Waals surface area (Å²) in [5.41, 5.74) is 1.31. The number of aromatic nitrogens is 3. The number of benzene rings is 2. The van der Waals surface area contributed by atoms with Crippen molar-refractivity contribution in [3.63, 3.8) is 0 Å². The van der Waals surface area contributed by atoms with E-state index in [1.54, 1.807) is 24.3 Å². The summed E-state index contributed by atoms with van der Waals surface area (Å²) >= 11 is 0. The van der Waals surface area contributed by atoms with E-state index in [0.717, 1.165) is 6.07 Å². The van der Waals surface area contributed by atoms with Crippen LogP contribution < -0.4 is 10.6 Å². The standard InChI is InChI=1S/C23H23F3N6O2/c1-13(2)10-27-19-8-21-20(7-17(19)23(24,25)26)30-22(34)9-18(29-21)14-4-3-5-15(6-14)32-16(12-33)11-28-31-32/h3-8,11,13,27,33H,9-10,12H2,1-2H3,(H,30,34). The second-order valence-corrected chi connectivity index (χ2v) is 8.32. The zero-order valence-corrected chi connectivity index (χ0v) is 18.5. The van der Waals surface area contributed by atoms with Crippen LogP contribution in [0.5, 0.6) is 0 Å². The Morgan fingerprint density at radius 3 is 2.74 bits per heavy atom. The average molecular weight is 472 g/mol. The number of amides is 1. The van der Waals surface area contributed by atoms with Gasteiger partial charge >= 0.3 is 6.18 Å². The van der Waals surface area contributed by atoms with Crippen LogP contribution in [0.15, 0.2) is 47.6 Å². The number of fused-ring (bicyclic) bond motifs is 1. The van der Waals surface area contributed by atoms with Crippen LogP contribution in [0.3, 0.4) is 0 Å². The Morgan fingerprint density at radius 2 is 2.03 bits per heavy atom. The van der Waals surface area contributed by atoms with E-state index in [9.17, 15) is 23.1 Å². The molecule has 0 radical (unpaired) electrons. The van der Waals surface area contributed by atoms with Crippen molar-refractivity contribution in [1.82, 2.24) is 15.0 Å². The van der Waals surface area contributed by atoms with Gasteiger partial charge in [-0.15, -0.1) is 5.10 Å². The Balaban J connectivity index is 1.80. The van der Waals surface area contributed by atoms with Crippen molar-refractivity contribution in [3.05, 3.63) is 59.4 Å². The fraction of sp³-hybridized carbons (Fsp3) is 0.304. The number of hydrogen-bond donors (Lipinski definition) is 3. The molecule has 1 aliphatic rings. The Morgan fingerprint density at radius 1 is 1.24 bits per heavy atom. The molecule has 0 aliphatic carbocycles. The monoisotopic (exact) mass is 472 g/mol. The summed E-state index contributed by atoms with van der Waals surface area (Å²) < 4.78 is 42.6. The maximum absolute atomic E-state index is 13.7. The van der Waals surface area contributed by atoms with Crippen molar-refractivity contribution in [2.75, 3.05) is 17.2 Å². The molecule has 178 valence electrons. The number of aliphatic hydroxyl groups excluding tert-OH is 1. The van der Waals surface area contributed by atoms with E-state index < -0.39 is 17.6 Å². The number of nitrogens with one attached hydrogen (secondary N) is 2. The number of aliphatic imine (C=N–C) groups is 1. The molecule has 4 rings (SSSR count). The SMILES string of the molecule is CC(C)CNc1cc2c(cc1C(F)(F)F)NC(=O)CC(c1cccc(-n3nncc3CO)c1)=N2. The fourth-order valence-electron chi connectivity index (χ4n) is 3.57. The highest BCUT2D eigenvalue weighted by Gasteiger charge is 2.35. The molecule has 8 nitrogen and oxygen atoms in total. The number of nitrogens with zero attached hydrogens (tertiary/aromatic N) is 4. The van der Waals surface area contributed by atoms with Crippen LogP contribution in [0, 0.1) is 5.92 Å². The average Bonchev–Trinajstić information content (AvgIpc) is 3.20. The van der Waals surface area contributed by atoms with Gasteiger partial charge in [0.25, 0.3) is 0 Å². The summed E-state index contributed by atoms with van der Waals surface area (Å²) in [6, 6.07) is 9.21. The quantitative estimate of drug-likeness (QED) is 0.496. The van der Waals surface area contributed by atoms with Crippen LogP contribution in [0.4, 0.5) is 30.2 Å². The zero-order valence-electron chi connectivity index (χ0n) is 18.5. The van der Waals surface area contributed by atoms with E-state index in [0.29, 0.717) is 29.2 Å². The van der Waals surface area contributed by atoms with E-state index in [1.807, 2.05) is 13.8 Å². The fourth-order valence-corrected chi connectivity index (χ4v) is 3.57. The molecule has 3 aromatic rings. The first-order valence-corrected chi connectivity index (χ1v) is 10.6. The van der Waals surface area contributed by atoms with E-state index in [-0.39, 0.29) is 36.0 Å². The van der Waals surface area contributed by atoms with Crippen molar-refractivity contribution in [2.24, 2.45) is 10.9 Å². The number of carbonyl (C=O) groups is 1. The lowest BCUT2D eigenvalue weighted by Gasteiger charge is -2.18. The Kier molecular flexibility index (Phi) is 6.38. The lowest BCUT2D eigenvalue weighted by molar-refractivity contribution is -0.137. The summed E-state index contributed by atoms with van der Waals surface area (Å²) in [6.45, 7) is 3.87. The van der Waals surface area contributed by atoms with Gasteiger partial charge in [-0.25, -0.2) is 4.68 Å². The maximum Gasteiger partial charge on any atom is 0.418 e. The van der Waals surface area contributed by atoms with Crippen LogP contribution in [0.2, 0.25) is 0 Å². The normalized spacial score (nSPS) is 13.9. The van der Waals surface area contributed by atoms with Crippen molar-refractivity contribution >= 4 is 28.7 Å². The van der Waals surface area contributed by atoms with Crippen LogP contribution in [0.25, 0.3) is 5.69 Å². The third kappa shape index (κ3) is 4.93. The van der Waals surface area contributed by atoms with Gasteiger partial charge in [-0.05, 0) is 35.7 Å².